The molecule has 0 bridgehead atoms. The monoisotopic (exact) mass is 142 g/mol. The first kappa shape index (κ1) is 6.49. The van der Waals surface area contributed by atoms with Crippen LogP contribution < -0.4 is 0 Å². The maximum Gasteiger partial charge on any atom is 0.0275 e. The molecule has 1 aliphatic carbocycles. The van der Waals surface area contributed by atoms with E-state index in [4.69, 9.17) is 6.42 Å². The lowest BCUT2D eigenvalue weighted by Gasteiger charge is -1.94. The van der Waals surface area contributed by atoms with E-state index >= 15 is 0 Å². The lowest BCUT2D eigenvalue weighted by Crippen LogP contribution is -1.78. The van der Waals surface area contributed by atoms with Crippen LogP contribution in [0.4, 0.5) is 0 Å². The molecule has 11 heavy (non-hydrogen) atoms. The fourth-order valence-electron chi connectivity index (χ4n) is 1.45. The third-order valence-corrected chi connectivity index (χ3v) is 2.23. The standard InChI is InChI=1S/C11H10/c1-2-9-8-11(9)10-6-4-3-5-7-10/h1,3-7,9,11H,8H2/t9-,11+/m0/s1. The van der Waals surface area contributed by atoms with Crippen LogP contribution in [-0.4, -0.2) is 0 Å². The van der Waals surface area contributed by atoms with Crippen molar-refractivity contribution in [3.05, 3.63) is 35.9 Å². The van der Waals surface area contributed by atoms with E-state index in [1.165, 1.54) is 12.0 Å². The van der Waals surface area contributed by atoms with Gasteiger partial charge in [-0.25, -0.2) is 0 Å². The molecule has 0 radical (unpaired) electrons. The van der Waals surface area contributed by atoms with Gasteiger partial charge in [0.05, 0.1) is 0 Å². The van der Waals surface area contributed by atoms with E-state index < -0.39 is 0 Å². The van der Waals surface area contributed by atoms with Crippen LogP contribution in [0.5, 0.6) is 0 Å². The number of rotatable bonds is 1. The molecule has 54 valence electrons. The second-order valence-corrected chi connectivity index (χ2v) is 3.03. The van der Waals surface area contributed by atoms with E-state index in [9.17, 15) is 0 Å². The fraction of sp³-hybridized carbons (Fsp3) is 0.273. The van der Waals surface area contributed by atoms with Crippen molar-refractivity contribution in [1.82, 2.24) is 0 Å². The smallest absolute Gasteiger partial charge is 0.0275 e. The second-order valence-electron chi connectivity index (χ2n) is 3.03. The van der Waals surface area contributed by atoms with Gasteiger partial charge in [-0.15, -0.1) is 12.3 Å². The Labute approximate surface area is 67.2 Å². The molecule has 0 saturated heterocycles. The molecule has 0 spiro atoms. The van der Waals surface area contributed by atoms with Crippen LogP contribution in [0.1, 0.15) is 17.9 Å². The van der Waals surface area contributed by atoms with Crippen LogP contribution in [0.25, 0.3) is 0 Å². The van der Waals surface area contributed by atoms with Gasteiger partial charge in [-0.2, -0.15) is 0 Å². The third kappa shape index (κ3) is 1.14. The minimum absolute atomic E-state index is 0.511. The van der Waals surface area contributed by atoms with Crippen LogP contribution in [0.3, 0.4) is 0 Å². The van der Waals surface area contributed by atoms with E-state index in [2.05, 4.69) is 30.2 Å². The highest BCUT2D eigenvalue weighted by molar-refractivity contribution is 5.29. The molecule has 1 aromatic rings. The third-order valence-electron chi connectivity index (χ3n) is 2.23. The summed E-state index contributed by atoms with van der Waals surface area (Å²) in [7, 11) is 0. The van der Waals surface area contributed by atoms with E-state index in [1.54, 1.807) is 0 Å². The number of benzene rings is 1. The van der Waals surface area contributed by atoms with Crippen LogP contribution in [0.15, 0.2) is 30.3 Å². The Kier molecular flexibility index (Phi) is 1.43. The topological polar surface area (TPSA) is 0 Å². The minimum Gasteiger partial charge on any atom is -0.120 e. The minimum atomic E-state index is 0.511. The van der Waals surface area contributed by atoms with Gasteiger partial charge >= 0.3 is 0 Å². The van der Waals surface area contributed by atoms with Gasteiger partial charge in [-0.05, 0) is 17.9 Å². The molecule has 0 heteroatoms. The number of terminal acetylenes is 1. The van der Waals surface area contributed by atoms with Gasteiger partial charge in [0, 0.05) is 5.92 Å². The van der Waals surface area contributed by atoms with E-state index in [1.807, 2.05) is 6.07 Å². The molecule has 2 rings (SSSR count). The molecule has 0 aromatic heterocycles. The Morgan fingerprint density at radius 3 is 2.55 bits per heavy atom. The summed E-state index contributed by atoms with van der Waals surface area (Å²) < 4.78 is 0. The fourth-order valence-corrected chi connectivity index (χ4v) is 1.45. The van der Waals surface area contributed by atoms with Gasteiger partial charge in [-0.3, -0.25) is 0 Å². The van der Waals surface area contributed by atoms with Crippen molar-refractivity contribution in [2.45, 2.75) is 12.3 Å². The zero-order valence-corrected chi connectivity index (χ0v) is 6.33. The first-order valence-electron chi connectivity index (χ1n) is 3.93. The molecule has 0 N–H and O–H groups in total. The van der Waals surface area contributed by atoms with Crippen LogP contribution >= 0.6 is 0 Å². The molecule has 0 nitrogen and oxygen atoms in total. The van der Waals surface area contributed by atoms with Gasteiger partial charge in [0.25, 0.3) is 0 Å². The quantitative estimate of drug-likeness (QED) is 0.528. The molecule has 0 unspecified atom stereocenters. The summed E-state index contributed by atoms with van der Waals surface area (Å²) in [6, 6.07) is 10.5. The van der Waals surface area contributed by atoms with Crippen molar-refractivity contribution in [2.75, 3.05) is 0 Å². The van der Waals surface area contributed by atoms with Crippen molar-refractivity contribution in [1.29, 1.82) is 0 Å². The van der Waals surface area contributed by atoms with Crippen molar-refractivity contribution in [3.63, 3.8) is 0 Å². The van der Waals surface area contributed by atoms with Gasteiger partial charge < -0.3 is 0 Å². The summed E-state index contributed by atoms with van der Waals surface area (Å²) in [5, 5.41) is 0. The maximum atomic E-state index is 5.31. The van der Waals surface area contributed by atoms with E-state index in [0.29, 0.717) is 11.8 Å². The van der Waals surface area contributed by atoms with Crippen molar-refractivity contribution in [3.8, 4) is 12.3 Å². The summed E-state index contributed by atoms with van der Waals surface area (Å²) in [5.74, 6) is 3.95. The average molecular weight is 142 g/mol. The molecule has 1 fully saturated rings. The summed E-state index contributed by atoms with van der Waals surface area (Å²) in [5.41, 5.74) is 1.40. The Bertz CT molecular complexity index is 279. The van der Waals surface area contributed by atoms with E-state index in [0.717, 1.165) is 0 Å². The van der Waals surface area contributed by atoms with Gasteiger partial charge in [0.2, 0.25) is 0 Å². The highest BCUT2D eigenvalue weighted by Crippen LogP contribution is 2.46. The molecule has 2 atom stereocenters. The Balaban J connectivity index is 2.16. The van der Waals surface area contributed by atoms with E-state index in [-0.39, 0.29) is 0 Å². The number of hydrogen-bond acceptors (Lipinski definition) is 0. The lowest BCUT2D eigenvalue weighted by molar-refractivity contribution is 1.04. The Hall–Kier alpha value is -1.22. The van der Waals surface area contributed by atoms with Crippen molar-refractivity contribution in [2.24, 2.45) is 5.92 Å². The molecular formula is C11H10. The van der Waals surface area contributed by atoms with Crippen LogP contribution in [0, 0.1) is 18.3 Å². The molecule has 1 saturated carbocycles. The SMILES string of the molecule is C#C[C@H]1C[C@H]1c1ccccc1. The summed E-state index contributed by atoms with van der Waals surface area (Å²) in [4.78, 5) is 0. The molecule has 1 aliphatic rings. The first-order chi connectivity index (χ1) is 5.42. The van der Waals surface area contributed by atoms with Crippen LogP contribution in [0.2, 0.25) is 0 Å². The average Bonchev–Trinajstić information content (AvgIpc) is 2.85. The van der Waals surface area contributed by atoms with Crippen molar-refractivity contribution < 1.29 is 0 Å². The number of hydrogen-bond donors (Lipinski definition) is 0. The maximum absolute atomic E-state index is 5.31. The zero-order valence-electron chi connectivity index (χ0n) is 6.33. The molecule has 1 aromatic carbocycles. The van der Waals surface area contributed by atoms with Crippen LogP contribution in [-0.2, 0) is 0 Å². The largest absolute Gasteiger partial charge is 0.120 e. The highest BCUT2D eigenvalue weighted by Gasteiger charge is 2.36. The lowest BCUT2D eigenvalue weighted by atomic mass is 10.1. The predicted octanol–water partition coefficient (Wildman–Crippen LogP) is 2.42. The molecule has 0 amide bonds. The predicted molar refractivity (Wildman–Crippen MR) is 46.1 cm³/mol. The highest BCUT2D eigenvalue weighted by atomic mass is 14.4. The summed E-state index contributed by atoms with van der Waals surface area (Å²) in [6.07, 6.45) is 6.49. The summed E-state index contributed by atoms with van der Waals surface area (Å²) >= 11 is 0. The van der Waals surface area contributed by atoms with Crippen molar-refractivity contribution >= 4 is 0 Å². The summed E-state index contributed by atoms with van der Waals surface area (Å²) in [6.45, 7) is 0. The zero-order chi connectivity index (χ0) is 7.68. The van der Waals surface area contributed by atoms with Gasteiger partial charge in [0.15, 0.2) is 0 Å². The molecule has 0 heterocycles. The normalized spacial score (nSPS) is 27.5. The molecule has 0 aliphatic heterocycles. The Morgan fingerprint density at radius 2 is 2.00 bits per heavy atom. The second kappa shape index (κ2) is 2.43. The van der Waals surface area contributed by atoms with Gasteiger partial charge in [0.1, 0.15) is 0 Å². The molecular weight excluding hydrogens is 132 g/mol. The van der Waals surface area contributed by atoms with Gasteiger partial charge in [-0.1, -0.05) is 30.3 Å². The Morgan fingerprint density at radius 1 is 1.27 bits per heavy atom. The first-order valence-corrected chi connectivity index (χ1v) is 3.93.